The van der Waals surface area contributed by atoms with Crippen molar-refractivity contribution >= 4 is 6.03 Å². The zero-order valence-electron chi connectivity index (χ0n) is 15.8. The summed E-state index contributed by atoms with van der Waals surface area (Å²) in [4.78, 5) is 11.9. The second kappa shape index (κ2) is 8.92. The van der Waals surface area contributed by atoms with Crippen molar-refractivity contribution in [3.63, 3.8) is 0 Å². The number of carbonyl (C=O) groups excluding carboxylic acids is 1. The summed E-state index contributed by atoms with van der Waals surface area (Å²) >= 11 is 0. The van der Waals surface area contributed by atoms with Crippen LogP contribution in [-0.4, -0.2) is 29.4 Å². The van der Waals surface area contributed by atoms with Crippen molar-refractivity contribution < 1.29 is 14.6 Å². The van der Waals surface area contributed by atoms with Crippen molar-refractivity contribution in [3.05, 3.63) is 29.3 Å². The van der Waals surface area contributed by atoms with Gasteiger partial charge in [0.2, 0.25) is 0 Å². The highest BCUT2D eigenvalue weighted by Crippen LogP contribution is 2.24. The standard InChI is InChI=1S/C19H32N2O3/c1-13-7-8-16(17(10-13)24-19(4,5)6)12-21-18(23)20-11-14(2)9-15(3)22/h7-8,10,14-15,22H,9,11-12H2,1-6H3,(H2,20,21,23). The molecule has 24 heavy (non-hydrogen) atoms. The molecule has 0 saturated heterocycles. The first-order valence-electron chi connectivity index (χ1n) is 8.55. The zero-order valence-corrected chi connectivity index (χ0v) is 15.8. The molecule has 1 aromatic carbocycles. The molecule has 0 aliphatic rings. The molecule has 0 heterocycles. The van der Waals surface area contributed by atoms with E-state index in [2.05, 4.69) is 10.6 Å². The summed E-state index contributed by atoms with van der Waals surface area (Å²) in [6.07, 6.45) is 0.316. The summed E-state index contributed by atoms with van der Waals surface area (Å²) in [5.74, 6) is 1.03. The van der Waals surface area contributed by atoms with Gasteiger partial charge in [0.1, 0.15) is 11.4 Å². The Bertz CT molecular complexity index is 536. The average molecular weight is 336 g/mol. The Kier molecular flexibility index (Phi) is 7.55. The van der Waals surface area contributed by atoms with Gasteiger partial charge in [-0.1, -0.05) is 19.1 Å². The van der Waals surface area contributed by atoms with Crippen LogP contribution in [0.15, 0.2) is 18.2 Å². The van der Waals surface area contributed by atoms with Crippen LogP contribution < -0.4 is 15.4 Å². The third-order valence-electron chi connectivity index (χ3n) is 3.43. The number of nitrogens with one attached hydrogen (secondary N) is 2. The van der Waals surface area contributed by atoms with Gasteiger partial charge in [0.25, 0.3) is 0 Å². The molecule has 0 saturated carbocycles. The summed E-state index contributed by atoms with van der Waals surface area (Å²) in [5.41, 5.74) is 1.78. The van der Waals surface area contributed by atoms with E-state index in [1.165, 1.54) is 0 Å². The van der Waals surface area contributed by atoms with E-state index >= 15 is 0 Å². The Morgan fingerprint density at radius 3 is 2.50 bits per heavy atom. The first kappa shape index (κ1) is 20.3. The van der Waals surface area contributed by atoms with Gasteiger partial charge >= 0.3 is 6.03 Å². The maximum Gasteiger partial charge on any atom is 0.315 e. The number of aryl methyl sites for hydroxylation is 1. The molecule has 1 aromatic rings. The average Bonchev–Trinajstić information content (AvgIpc) is 2.41. The van der Waals surface area contributed by atoms with Crippen molar-refractivity contribution in [2.24, 2.45) is 5.92 Å². The molecule has 2 unspecified atom stereocenters. The smallest absolute Gasteiger partial charge is 0.315 e. The maximum atomic E-state index is 11.9. The number of amides is 2. The number of rotatable bonds is 7. The lowest BCUT2D eigenvalue weighted by Crippen LogP contribution is -2.38. The van der Waals surface area contributed by atoms with Crippen molar-refractivity contribution in [2.75, 3.05) is 6.54 Å². The minimum atomic E-state index is -0.352. The number of carbonyl (C=O) groups is 1. The van der Waals surface area contributed by atoms with Crippen LogP contribution in [0.5, 0.6) is 5.75 Å². The van der Waals surface area contributed by atoms with E-state index in [9.17, 15) is 9.90 Å². The molecule has 0 fully saturated rings. The van der Waals surface area contributed by atoms with Crippen LogP contribution in [0, 0.1) is 12.8 Å². The maximum absolute atomic E-state index is 11.9. The molecule has 0 radical (unpaired) electrons. The van der Waals surface area contributed by atoms with Crippen LogP contribution in [0.1, 0.15) is 52.2 Å². The van der Waals surface area contributed by atoms with Crippen LogP contribution in [0.3, 0.4) is 0 Å². The van der Waals surface area contributed by atoms with E-state index in [0.29, 0.717) is 19.5 Å². The Balaban J connectivity index is 2.56. The highest BCUT2D eigenvalue weighted by molar-refractivity contribution is 5.73. The van der Waals surface area contributed by atoms with Crippen LogP contribution in [0.25, 0.3) is 0 Å². The van der Waals surface area contributed by atoms with Crippen molar-refractivity contribution in [2.45, 2.75) is 66.2 Å². The van der Waals surface area contributed by atoms with Gasteiger partial charge in [-0.05, 0) is 58.6 Å². The molecule has 5 nitrogen and oxygen atoms in total. The van der Waals surface area contributed by atoms with Gasteiger partial charge in [-0.2, -0.15) is 0 Å². The fourth-order valence-electron chi connectivity index (χ4n) is 2.40. The predicted octanol–water partition coefficient (Wildman–Crippen LogP) is 3.38. The van der Waals surface area contributed by atoms with Crippen molar-refractivity contribution in [1.82, 2.24) is 10.6 Å². The third kappa shape index (κ3) is 8.20. The van der Waals surface area contributed by atoms with Gasteiger partial charge in [-0.3, -0.25) is 0 Å². The molecular formula is C19H32N2O3. The molecule has 0 aliphatic carbocycles. The van der Waals surface area contributed by atoms with E-state index in [1.807, 2.05) is 52.8 Å². The van der Waals surface area contributed by atoms with E-state index in [4.69, 9.17) is 4.74 Å². The Morgan fingerprint density at radius 2 is 1.92 bits per heavy atom. The van der Waals surface area contributed by atoms with Gasteiger partial charge < -0.3 is 20.5 Å². The summed E-state index contributed by atoms with van der Waals surface area (Å²) in [6, 6.07) is 5.77. The summed E-state index contributed by atoms with van der Waals surface area (Å²) < 4.78 is 5.99. The highest BCUT2D eigenvalue weighted by atomic mass is 16.5. The molecule has 2 atom stereocenters. The van der Waals surface area contributed by atoms with E-state index in [-0.39, 0.29) is 23.7 Å². The van der Waals surface area contributed by atoms with Gasteiger partial charge in [-0.25, -0.2) is 4.79 Å². The Hall–Kier alpha value is -1.75. The van der Waals surface area contributed by atoms with E-state index in [1.54, 1.807) is 6.92 Å². The molecule has 2 amide bonds. The zero-order chi connectivity index (χ0) is 18.3. The fourth-order valence-corrected chi connectivity index (χ4v) is 2.40. The van der Waals surface area contributed by atoms with E-state index in [0.717, 1.165) is 16.9 Å². The van der Waals surface area contributed by atoms with Gasteiger partial charge in [0.05, 0.1) is 6.10 Å². The minimum absolute atomic E-state index is 0.213. The highest BCUT2D eigenvalue weighted by Gasteiger charge is 2.15. The normalized spacial score (nSPS) is 14.0. The number of urea groups is 1. The lowest BCUT2D eigenvalue weighted by Gasteiger charge is -2.24. The Morgan fingerprint density at radius 1 is 1.25 bits per heavy atom. The topological polar surface area (TPSA) is 70.6 Å². The Labute approximate surface area is 145 Å². The summed E-state index contributed by atoms with van der Waals surface area (Å²) in [5, 5.41) is 15.0. The summed E-state index contributed by atoms with van der Waals surface area (Å²) in [7, 11) is 0. The summed E-state index contributed by atoms with van der Waals surface area (Å²) in [6.45, 7) is 12.7. The monoisotopic (exact) mass is 336 g/mol. The number of hydrogen-bond acceptors (Lipinski definition) is 3. The van der Waals surface area contributed by atoms with E-state index < -0.39 is 0 Å². The molecule has 0 spiro atoms. The van der Waals surface area contributed by atoms with Crippen molar-refractivity contribution in [1.29, 1.82) is 0 Å². The second-order valence-electron chi connectivity index (χ2n) is 7.58. The first-order chi connectivity index (χ1) is 11.1. The van der Waals surface area contributed by atoms with Crippen LogP contribution >= 0.6 is 0 Å². The van der Waals surface area contributed by atoms with Gasteiger partial charge in [-0.15, -0.1) is 0 Å². The van der Waals surface area contributed by atoms with Crippen molar-refractivity contribution in [3.8, 4) is 5.75 Å². The molecule has 1 rings (SSSR count). The molecule has 0 aliphatic heterocycles. The second-order valence-corrected chi connectivity index (χ2v) is 7.58. The predicted molar refractivity (Wildman–Crippen MR) is 97.3 cm³/mol. The number of ether oxygens (including phenoxy) is 1. The lowest BCUT2D eigenvalue weighted by molar-refractivity contribution is 0.129. The molecule has 5 heteroatoms. The lowest BCUT2D eigenvalue weighted by atomic mass is 10.1. The van der Waals surface area contributed by atoms with Gasteiger partial charge in [0.15, 0.2) is 0 Å². The fraction of sp³-hybridized carbons (Fsp3) is 0.632. The molecule has 136 valence electrons. The first-order valence-corrected chi connectivity index (χ1v) is 8.55. The minimum Gasteiger partial charge on any atom is -0.488 e. The van der Waals surface area contributed by atoms with Gasteiger partial charge in [0, 0.05) is 18.7 Å². The van der Waals surface area contributed by atoms with Crippen LogP contribution in [0.2, 0.25) is 0 Å². The third-order valence-corrected chi connectivity index (χ3v) is 3.43. The molecular weight excluding hydrogens is 304 g/mol. The molecule has 0 bridgehead atoms. The number of aliphatic hydroxyl groups is 1. The van der Waals surface area contributed by atoms with Crippen LogP contribution in [0.4, 0.5) is 4.79 Å². The number of benzene rings is 1. The number of aliphatic hydroxyl groups excluding tert-OH is 1. The quantitative estimate of drug-likeness (QED) is 0.715. The molecule has 0 aromatic heterocycles. The molecule has 3 N–H and O–H groups in total. The van der Waals surface area contributed by atoms with Crippen LogP contribution in [-0.2, 0) is 6.54 Å². The largest absolute Gasteiger partial charge is 0.488 e. The SMILES string of the molecule is Cc1ccc(CNC(=O)NCC(C)CC(C)O)c(OC(C)(C)C)c1. The number of hydrogen-bond donors (Lipinski definition) is 3.